The Hall–Kier alpha value is -4.24. The van der Waals surface area contributed by atoms with Crippen molar-refractivity contribution >= 4 is 34.1 Å². The average Bonchev–Trinajstić information content (AvgIpc) is 3.33. The van der Waals surface area contributed by atoms with Gasteiger partial charge in [0.1, 0.15) is 17.4 Å². The highest BCUT2D eigenvalue weighted by Crippen LogP contribution is 2.47. The van der Waals surface area contributed by atoms with Crippen molar-refractivity contribution in [3.05, 3.63) is 93.0 Å². The average molecular weight is 605 g/mol. The number of fused-ring (bicyclic) bond motifs is 5. The SMILES string of the molecule is C=CC(=O)N1CC2Cc3c(c4cc(F)c(-c5c(O)cccc5F)c(Cl)c4n(-c4c(C)ccnc4C(C)C)c3=O)N2CC1C. The van der Waals surface area contributed by atoms with Crippen LogP contribution in [0.1, 0.15) is 43.5 Å². The number of rotatable bonds is 4. The first kappa shape index (κ1) is 28.9. The molecule has 1 N–H and O–H groups in total. The van der Waals surface area contributed by atoms with E-state index in [0.717, 1.165) is 11.6 Å². The minimum Gasteiger partial charge on any atom is -0.507 e. The molecule has 43 heavy (non-hydrogen) atoms. The molecule has 4 aromatic rings. The summed E-state index contributed by atoms with van der Waals surface area (Å²) in [6, 6.07) is 6.32. The third kappa shape index (κ3) is 4.32. The van der Waals surface area contributed by atoms with E-state index in [1.807, 2.05) is 27.7 Å². The van der Waals surface area contributed by atoms with Crippen molar-refractivity contribution in [1.82, 2.24) is 14.5 Å². The summed E-state index contributed by atoms with van der Waals surface area (Å²) in [7, 11) is 0. The van der Waals surface area contributed by atoms with Crippen LogP contribution < -0.4 is 10.5 Å². The number of aromatic nitrogens is 2. The van der Waals surface area contributed by atoms with Gasteiger partial charge in [-0.3, -0.25) is 19.1 Å². The Balaban J connectivity index is 1.74. The number of phenolic OH excluding ortho intramolecular Hbond substituents is 1. The van der Waals surface area contributed by atoms with E-state index in [2.05, 4.69) is 16.5 Å². The maximum atomic E-state index is 16.2. The largest absolute Gasteiger partial charge is 0.507 e. The van der Waals surface area contributed by atoms with E-state index in [1.165, 1.54) is 28.8 Å². The molecule has 2 atom stereocenters. The van der Waals surface area contributed by atoms with Crippen LogP contribution in [0.15, 0.2) is 54.0 Å². The van der Waals surface area contributed by atoms with Gasteiger partial charge < -0.3 is 14.9 Å². The molecule has 7 nitrogen and oxygen atoms in total. The van der Waals surface area contributed by atoms with Gasteiger partial charge in [-0.05, 0) is 55.7 Å². The van der Waals surface area contributed by atoms with Crippen LogP contribution in [-0.2, 0) is 11.2 Å². The molecule has 222 valence electrons. The number of amides is 1. The minimum atomic E-state index is -0.854. The predicted molar refractivity (Wildman–Crippen MR) is 164 cm³/mol. The van der Waals surface area contributed by atoms with Crippen molar-refractivity contribution < 1.29 is 18.7 Å². The molecule has 0 bridgehead atoms. The number of phenols is 1. The van der Waals surface area contributed by atoms with Crippen LogP contribution in [0.5, 0.6) is 5.75 Å². The van der Waals surface area contributed by atoms with Crippen LogP contribution in [-0.4, -0.2) is 50.6 Å². The molecule has 6 rings (SSSR count). The Morgan fingerprint density at radius 3 is 2.58 bits per heavy atom. The highest BCUT2D eigenvalue weighted by molar-refractivity contribution is 6.38. The van der Waals surface area contributed by atoms with Crippen molar-refractivity contribution in [2.45, 2.75) is 52.1 Å². The van der Waals surface area contributed by atoms with Crippen molar-refractivity contribution in [3.8, 4) is 22.6 Å². The van der Waals surface area contributed by atoms with E-state index < -0.39 is 17.4 Å². The lowest BCUT2D eigenvalue weighted by Gasteiger charge is -2.43. The summed E-state index contributed by atoms with van der Waals surface area (Å²) < 4.78 is 32.8. The molecular weight excluding hydrogens is 574 g/mol. The zero-order valence-corrected chi connectivity index (χ0v) is 25.0. The number of nitrogens with zero attached hydrogens (tertiary/aromatic N) is 4. The Labute approximate surface area is 252 Å². The summed E-state index contributed by atoms with van der Waals surface area (Å²) in [6.07, 6.45) is 3.29. The topological polar surface area (TPSA) is 78.7 Å². The lowest BCUT2D eigenvalue weighted by atomic mass is 9.98. The smallest absolute Gasteiger partial charge is 0.261 e. The third-order valence-corrected chi connectivity index (χ3v) is 8.98. The Morgan fingerprint density at radius 1 is 1.16 bits per heavy atom. The highest BCUT2D eigenvalue weighted by atomic mass is 35.5. The number of benzene rings is 2. The number of carbonyl (C=O) groups excluding carboxylic acids is 1. The van der Waals surface area contributed by atoms with Gasteiger partial charge in [0.25, 0.3) is 5.56 Å². The number of pyridine rings is 2. The van der Waals surface area contributed by atoms with Gasteiger partial charge in [0, 0.05) is 48.3 Å². The fourth-order valence-electron chi connectivity index (χ4n) is 6.65. The highest BCUT2D eigenvalue weighted by Gasteiger charge is 2.42. The number of hydrogen-bond acceptors (Lipinski definition) is 5. The number of hydrogen-bond donors (Lipinski definition) is 1. The maximum Gasteiger partial charge on any atom is 0.261 e. The summed E-state index contributed by atoms with van der Waals surface area (Å²) in [5.74, 6) is -2.44. The zero-order chi connectivity index (χ0) is 30.9. The van der Waals surface area contributed by atoms with E-state index in [9.17, 15) is 14.7 Å². The second kappa shape index (κ2) is 10.5. The molecule has 4 heterocycles. The van der Waals surface area contributed by atoms with E-state index in [-0.39, 0.29) is 51.1 Å². The summed E-state index contributed by atoms with van der Waals surface area (Å²) in [5, 5.41) is 10.8. The van der Waals surface area contributed by atoms with E-state index in [1.54, 1.807) is 17.2 Å². The molecule has 2 aromatic heterocycles. The third-order valence-electron chi connectivity index (χ3n) is 8.61. The van der Waals surface area contributed by atoms with Crippen molar-refractivity contribution in [2.75, 3.05) is 18.0 Å². The molecule has 2 aliphatic heterocycles. The summed E-state index contributed by atoms with van der Waals surface area (Å²) in [5.41, 5.74) is 2.08. The number of carbonyl (C=O) groups is 1. The molecule has 1 fully saturated rings. The van der Waals surface area contributed by atoms with Gasteiger partial charge in [-0.25, -0.2) is 8.78 Å². The standard InChI is InChI=1S/C33H31ClF2N4O3/c1-6-25(42)38-15-19-12-21-31(39(19)14-18(38)5)20-13-23(36)27(26-22(35)8-7-9-24(26)41)28(34)32(20)40(33(21)43)30-17(4)10-11-37-29(30)16(2)3/h6-11,13,16,18-19,41H,1,12,14-15H2,2-5H3. The number of aryl methyl sites for hydroxylation is 1. The fraction of sp³-hybridized carbons (Fsp3) is 0.303. The molecule has 2 unspecified atom stereocenters. The number of piperazine rings is 1. The summed E-state index contributed by atoms with van der Waals surface area (Å²) >= 11 is 7.05. The van der Waals surface area contributed by atoms with Crippen LogP contribution in [0.2, 0.25) is 5.02 Å². The van der Waals surface area contributed by atoms with Crippen LogP contribution >= 0.6 is 11.6 Å². The molecule has 1 amide bonds. The Kier molecular flexibility index (Phi) is 7.04. The van der Waals surface area contributed by atoms with Gasteiger partial charge in [-0.1, -0.05) is 38.1 Å². The first-order chi connectivity index (χ1) is 20.5. The first-order valence-corrected chi connectivity index (χ1v) is 14.6. The van der Waals surface area contributed by atoms with Gasteiger partial charge in [0.2, 0.25) is 5.91 Å². The number of anilines is 1. The lowest BCUT2D eigenvalue weighted by Crippen LogP contribution is -2.57. The first-order valence-electron chi connectivity index (χ1n) is 14.2. The van der Waals surface area contributed by atoms with Crippen LogP contribution in [0.3, 0.4) is 0 Å². The predicted octanol–water partition coefficient (Wildman–Crippen LogP) is 6.27. The normalized spacial score (nSPS) is 17.9. The molecular formula is C33H31ClF2N4O3. The summed E-state index contributed by atoms with van der Waals surface area (Å²) in [6.45, 7) is 12.1. The molecule has 2 aliphatic rings. The van der Waals surface area contributed by atoms with Crippen LogP contribution in [0, 0.1) is 18.6 Å². The molecule has 0 saturated carbocycles. The van der Waals surface area contributed by atoms with Gasteiger partial charge in [-0.2, -0.15) is 0 Å². The van der Waals surface area contributed by atoms with Crippen molar-refractivity contribution in [1.29, 1.82) is 0 Å². The molecule has 2 aromatic carbocycles. The Bertz CT molecular complexity index is 1880. The van der Waals surface area contributed by atoms with Crippen LogP contribution in [0.25, 0.3) is 27.7 Å². The van der Waals surface area contributed by atoms with E-state index in [4.69, 9.17) is 11.6 Å². The number of aromatic hydroxyl groups is 1. The maximum absolute atomic E-state index is 16.2. The van der Waals surface area contributed by atoms with Gasteiger partial charge >= 0.3 is 0 Å². The monoisotopic (exact) mass is 604 g/mol. The number of halogens is 3. The second-order valence-corrected chi connectivity index (χ2v) is 12.0. The van der Waals surface area contributed by atoms with Crippen molar-refractivity contribution in [2.24, 2.45) is 0 Å². The van der Waals surface area contributed by atoms with Gasteiger partial charge in [0.15, 0.2) is 0 Å². The molecule has 0 spiro atoms. The van der Waals surface area contributed by atoms with E-state index >= 15 is 8.78 Å². The summed E-state index contributed by atoms with van der Waals surface area (Å²) in [4.78, 5) is 35.6. The molecule has 10 heteroatoms. The molecule has 0 aliphatic carbocycles. The minimum absolute atomic E-state index is 0.0786. The van der Waals surface area contributed by atoms with Gasteiger partial charge in [-0.15, -0.1) is 0 Å². The quantitative estimate of drug-likeness (QED) is 0.278. The zero-order valence-electron chi connectivity index (χ0n) is 24.3. The lowest BCUT2D eigenvalue weighted by molar-refractivity contribution is -0.128. The second-order valence-electron chi connectivity index (χ2n) is 11.6. The fourth-order valence-corrected chi connectivity index (χ4v) is 7.03. The molecule has 0 radical (unpaired) electrons. The van der Waals surface area contributed by atoms with Crippen LogP contribution in [0.4, 0.5) is 14.5 Å². The van der Waals surface area contributed by atoms with Crippen molar-refractivity contribution in [3.63, 3.8) is 0 Å². The molecule has 1 saturated heterocycles. The Morgan fingerprint density at radius 2 is 1.91 bits per heavy atom. The van der Waals surface area contributed by atoms with E-state index in [0.29, 0.717) is 47.5 Å². The van der Waals surface area contributed by atoms with Gasteiger partial charge in [0.05, 0.1) is 39.2 Å².